The van der Waals surface area contributed by atoms with Gasteiger partial charge in [-0.25, -0.2) is 14.4 Å². The summed E-state index contributed by atoms with van der Waals surface area (Å²) in [5, 5.41) is 9.19. The van der Waals surface area contributed by atoms with E-state index < -0.39 is 5.82 Å². The number of anilines is 1. The van der Waals surface area contributed by atoms with Gasteiger partial charge in [0.25, 0.3) is 0 Å². The van der Waals surface area contributed by atoms with E-state index in [9.17, 15) is 4.39 Å². The lowest BCUT2D eigenvalue weighted by Crippen LogP contribution is -2.06. The Morgan fingerprint density at radius 3 is 2.69 bits per heavy atom. The number of rotatable bonds is 6. The SMILES string of the molecule is COc1ccc(Cl)c(CNc2ncnc3cn(Cc4nn(C)cc4Cl)cc23)c1F. The van der Waals surface area contributed by atoms with Crippen LogP contribution in [0.3, 0.4) is 0 Å². The predicted molar refractivity (Wildman–Crippen MR) is 110 cm³/mol. The van der Waals surface area contributed by atoms with Gasteiger partial charge < -0.3 is 14.6 Å². The van der Waals surface area contributed by atoms with Crippen molar-refractivity contribution in [3.8, 4) is 5.75 Å². The largest absolute Gasteiger partial charge is 0.494 e. The van der Waals surface area contributed by atoms with Crippen molar-refractivity contribution in [2.24, 2.45) is 7.05 Å². The number of hydrogen-bond donors (Lipinski definition) is 1. The van der Waals surface area contributed by atoms with Crippen molar-refractivity contribution in [3.63, 3.8) is 0 Å². The zero-order valence-electron chi connectivity index (χ0n) is 15.7. The molecule has 0 fully saturated rings. The van der Waals surface area contributed by atoms with Crippen LogP contribution in [0.15, 0.2) is 37.1 Å². The van der Waals surface area contributed by atoms with Crippen molar-refractivity contribution in [1.29, 1.82) is 0 Å². The van der Waals surface area contributed by atoms with Crippen LogP contribution in [-0.2, 0) is 20.1 Å². The molecule has 0 bridgehead atoms. The maximum absolute atomic E-state index is 14.5. The maximum Gasteiger partial charge on any atom is 0.171 e. The molecular formula is C19H17Cl2FN6O. The summed E-state index contributed by atoms with van der Waals surface area (Å²) in [5.41, 5.74) is 1.80. The van der Waals surface area contributed by atoms with E-state index in [0.717, 1.165) is 16.6 Å². The average Bonchev–Trinajstić information content (AvgIpc) is 3.24. The number of nitrogens with one attached hydrogen (secondary N) is 1. The first-order chi connectivity index (χ1) is 14.0. The molecule has 1 aromatic carbocycles. The molecule has 0 amide bonds. The number of methoxy groups -OCH3 is 1. The lowest BCUT2D eigenvalue weighted by atomic mass is 10.2. The molecule has 7 nitrogen and oxygen atoms in total. The summed E-state index contributed by atoms with van der Waals surface area (Å²) < 4.78 is 23.1. The van der Waals surface area contributed by atoms with Crippen molar-refractivity contribution in [2.45, 2.75) is 13.1 Å². The molecule has 0 aliphatic rings. The van der Waals surface area contributed by atoms with Gasteiger partial charge in [0.2, 0.25) is 0 Å². The average molecular weight is 435 g/mol. The molecule has 0 spiro atoms. The summed E-state index contributed by atoms with van der Waals surface area (Å²) in [6, 6.07) is 3.09. The van der Waals surface area contributed by atoms with Crippen molar-refractivity contribution in [1.82, 2.24) is 24.3 Å². The molecule has 0 saturated heterocycles. The van der Waals surface area contributed by atoms with Crippen molar-refractivity contribution < 1.29 is 9.13 Å². The zero-order chi connectivity index (χ0) is 20.5. The third kappa shape index (κ3) is 3.86. The van der Waals surface area contributed by atoms with Gasteiger partial charge in [0.1, 0.15) is 17.8 Å². The Labute approximate surface area is 176 Å². The molecule has 0 aliphatic carbocycles. The summed E-state index contributed by atoms with van der Waals surface area (Å²) in [4.78, 5) is 8.59. The Hall–Kier alpha value is -2.84. The van der Waals surface area contributed by atoms with E-state index in [1.165, 1.54) is 19.5 Å². The van der Waals surface area contributed by atoms with Gasteiger partial charge in [0.15, 0.2) is 11.6 Å². The first kappa shape index (κ1) is 19.5. The molecule has 0 atom stereocenters. The molecule has 4 aromatic rings. The monoisotopic (exact) mass is 434 g/mol. The highest BCUT2D eigenvalue weighted by Gasteiger charge is 2.15. The van der Waals surface area contributed by atoms with Crippen LogP contribution in [0.2, 0.25) is 10.0 Å². The summed E-state index contributed by atoms with van der Waals surface area (Å²) in [6.45, 7) is 0.636. The number of aryl methyl sites for hydroxylation is 1. The molecule has 3 aromatic heterocycles. The van der Waals surface area contributed by atoms with Crippen LogP contribution in [0.1, 0.15) is 11.3 Å². The highest BCUT2D eigenvalue weighted by Crippen LogP contribution is 2.29. The Bertz CT molecular complexity index is 1190. The fraction of sp³-hybridized carbons (Fsp3) is 0.211. The van der Waals surface area contributed by atoms with E-state index in [0.29, 0.717) is 28.0 Å². The second-order valence-electron chi connectivity index (χ2n) is 6.44. The van der Waals surface area contributed by atoms with Gasteiger partial charge >= 0.3 is 0 Å². The van der Waals surface area contributed by atoms with E-state index >= 15 is 0 Å². The number of aromatic nitrogens is 5. The molecule has 0 unspecified atom stereocenters. The van der Waals surface area contributed by atoms with Crippen LogP contribution in [0.5, 0.6) is 5.75 Å². The van der Waals surface area contributed by atoms with Gasteiger partial charge in [0.05, 0.1) is 29.6 Å². The van der Waals surface area contributed by atoms with Crippen molar-refractivity contribution in [2.75, 3.05) is 12.4 Å². The zero-order valence-corrected chi connectivity index (χ0v) is 17.2. The Balaban J connectivity index is 1.60. The number of benzene rings is 1. The number of hydrogen-bond acceptors (Lipinski definition) is 5. The normalized spacial score (nSPS) is 11.2. The summed E-state index contributed by atoms with van der Waals surface area (Å²) in [7, 11) is 3.23. The molecule has 10 heteroatoms. The van der Waals surface area contributed by atoms with Crippen LogP contribution in [0.4, 0.5) is 10.2 Å². The summed E-state index contributed by atoms with van der Waals surface area (Å²) >= 11 is 12.4. The first-order valence-corrected chi connectivity index (χ1v) is 9.45. The number of halogens is 3. The van der Waals surface area contributed by atoms with Crippen molar-refractivity contribution >= 4 is 39.9 Å². The quantitative estimate of drug-likeness (QED) is 0.490. The second kappa shape index (κ2) is 7.88. The molecule has 3 heterocycles. The Kier molecular flexibility index (Phi) is 5.29. The minimum absolute atomic E-state index is 0.137. The fourth-order valence-electron chi connectivity index (χ4n) is 3.09. The topological polar surface area (TPSA) is 69.8 Å². The Morgan fingerprint density at radius 1 is 1.14 bits per heavy atom. The van der Waals surface area contributed by atoms with Gasteiger partial charge in [-0.05, 0) is 12.1 Å². The third-order valence-corrected chi connectivity index (χ3v) is 5.16. The van der Waals surface area contributed by atoms with Gasteiger partial charge in [-0.2, -0.15) is 5.10 Å². The summed E-state index contributed by atoms with van der Waals surface area (Å²) in [6.07, 6.45) is 6.98. The van der Waals surface area contributed by atoms with Gasteiger partial charge in [-0.3, -0.25) is 4.68 Å². The van der Waals surface area contributed by atoms with Crippen LogP contribution < -0.4 is 10.1 Å². The third-order valence-electron chi connectivity index (χ3n) is 4.49. The molecule has 0 radical (unpaired) electrons. The highest BCUT2D eigenvalue weighted by atomic mass is 35.5. The lowest BCUT2D eigenvalue weighted by Gasteiger charge is -2.11. The standard InChI is InChI=1S/C19H17Cl2FN6O/c1-27-7-14(21)16(26-27)9-28-6-12-15(8-28)24-10-25-19(12)23-5-11-13(20)3-4-17(29-2)18(11)22/h3-4,6-8,10H,5,9H2,1-2H3,(H,23,24,25). The fourth-order valence-corrected chi connectivity index (χ4v) is 3.54. The van der Waals surface area contributed by atoms with Crippen LogP contribution in [0.25, 0.3) is 10.9 Å². The van der Waals surface area contributed by atoms with Crippen LogP contribution in [0, 0.1) is 5.82 Å². The van der Waals surface area contributed by atoms with Gasteiger partial charge in [-0.1, -0.05) is 23.2 Å². The first-order valence-electron chi connectivity index (χ1n) is 8.69. The minimum Gasteiger partial charge on any atom is -0.494 e. The van der Waals surface area contributed by atoms with Gasteiger partial charge in [0, 0.05) is 42.8 Å². The summed E-state index contributed by atoms with van der Waals surface area (Å²) in [5.74, 6) is 0.205. The molecule has 29 heavy (non-hydrogen) atoms. The number of nitrogens with zero attached hydrogens (tertiary/aromatic N) is 5. The van der Waals surface area contributed by atoms with E-state index in [1.807, 2.05) is 24.0 Å². The molecule has 150 valence electrons. The highest BCUT2D eigenvalue weighted by molar-refractivity contribution is 6.31. The number of ether oxygens (including phenoxy) is 1. The van der Waals surface area contributed by atoms with E-state index in [1.54, 1.807) is 16.9 Å². The smallest absolute Gasteiger partial charge is 0.171 e. The van der Waals surface area contributed by atoms with Crippen LogP contribution >= 0.6 is 23.2 Å². The molecule has 4 rings (SSSR count). The van der Waals surface area contributed by atoms with E-state index in [2.05, 4.69) is 20.4 Å². The van der Waals surface area contributed by atoms with Crippen molar-refractivity contribution in [3.05, 3.63) is 64.2 Å². The van der Waals surface area contributed by atoms with E-state index in [-0.39, 0.29) is 12.3 Å². The lowest BCUT2D eigenvalue weighted by molar-refractivity contribution is 0.384. The molecule has 1 N–H and O–H groups in total. The Morgan fingerprint density at radius 2 is 1.97 bits per heavy atom. The molecular weight excluding hydrogens is 418 g/mol. The minimum atomic E-state index is -0.500. The number of fused-ring (bicyclic) bond motifs is 1. The predicted octanol–water partition coefficient (Wildman–Crippen LogP) is 4.28. The molecule has 0 aliphatic heterocycles. The van der Waals surface area contributed by atoms with E-state index in [4.69, 9.17) is 27.9 Å². The van der Waals surface area contributed by atoms with Crippen LogP contribution in [-0.4, -0.2) is 31.4 Å². The van der Waals surface area contributed by atoms with Gasteiger partial charge in [-0.15, -0.1) is 0 Å². The molecule has 0 saturated carbocycles. The second-order valence-corrected chi connectivity index (χ2v) is 7.26. The maximum atomic E-state index is 14.5.